The molecule has 1 atom stereocenters. The number of amides is 2. The van der Waals surface area contributed by atoms with Crippen LogP contribution in [0.4, 0.5) is 0 Å². The maximum Gasteiger partial charge on any atom is 0.276 e. The Balaban J connectivity index is 1.46. The van der Waals surface area contributed by atoms with Crippen LogP contribution in [-0.2, 0) is 6.42 Å². The molecule has 6 nitrogen and oxygen atoms in total. The fourth-order valence-corrected chi connectivity index (χ4v) is 5.74. The number of benzene rings is 1. The highest BCUT2D eigenvalue weighted by molar-refractivity contribution is 7.21. The van der Waals surface area contributed by atoms with Crippen molar-refractivity contribution in [2.45, 2.75) is 50.5 Å². The van der Waals surface area contributed by atoms with Gasteiger partial charge < -0.3 is 14.3 Å². The molecule has 1 aromatic carbocycles. The van der Waals surface area contributed by atoms with Crippen LogP contribution < -0.4 is 0 Å². The lowest BCUT2D eigenvalue weighted by atomic mass is 9.93. The third-order valence-electron chi connectivity index (χ3n) is 6.35. The van der Waals surface area contributed by atoms with Crippen molar-refractivity contribution in [3.05, 3.63) is 52.2 Å². The van der Waals surface area contributed by atoms with Crippen molar-refractivity contribution in [3.63, 3.8) is 0 Å². The second-order valence-corrected chi connectivity index (χ2v) is 9.90. The first kappa shape index (κ1) is 20.2. The van der Waals surface area contributed by atoms with E-state index in [1.807, 2.05) is 23.1 Å². The zero-order valence-electron chi connectivity index (χ0n) is 18.0. The molecule has 5 rings (SSSR count). The Kier molecular flexibility index (Phi) is 5.30. The molecule has 2 aromatic heterocycles. The van der Waals surface area contributed by atoms with E-state index >= 15 is 0 Å². The Morgan fingerprint density at radius 1 is 1.19 bits per heavy atom. The van der Waals surface area contributed by atoms with Crippen LogP contribution in [0.2, 0.25) is 0 Å². The number of hydrogen-bond donors (Lipinski definition) is 0. The summed E-state index contributed by atoms with van der Waals surface area (Å²) in [5.41, 5.74) is 1.47. The summed E-state index contributed by atoms with van der Waals surface area (Å²) in [5.74, 6) is 1.23. The Hall–Kier alpha value is -2.67. The molecule has 7 heteroatoms. The quantitative estimate of drug-likeness (QED) is 0.580. The van der Waals surface area contributed by atoms with E-state index in [0.717, 1.165) is 58.4 Å². The third kappa shape index (κ3) is 3.87. The molecule has 1 aliphatic heterocycles. The van der Waals surface area contributed by atoms with Gasteiger partial charge in [-0.3, -0.25) is 9.59 Å². The normalized spacial score (nSPS) is 19.0. The molecule has 1 saturated heterocycles. The molecule has 0 radical (unpaired) electrons. The van der Waals surface area contributed by atoms with Gasteiger partial charge in [0.1, 0.15) is 5.76 Å². The molecular weight excluding hydrogens is 410 g/mol. The van der Waals surface area contributed by atoms with E-state index in [2.05, 4.69) is 17.3 Å². The third-order valence-corrected chi connectivity index (χ3v) is 7.55. The molecule has 1 saturated carbocycles. The number of rotatable bonds is 5. The number of likely N-dealkylation sites (tertiary alicyclic amines) is 1. The van der Waals surface area contributed by atoms with Crippen LogP contribution in [0.15, 0.2) is 34.9 Å². The van der Waals surface area contributed by atoms with Crippen molar-refractivity contribution in [1.82, 2.24) is 15.0 Å². The molecule has 0 bridgehead atoms. The highest BCUT2D eigenvalue weighted by atomic mass is 32.1. The van der Waals surface area contributed by atoms with Gasteiger partial charge in [0, 0.05) is 43.4 Å². The summed E-state index contributed by atoms with van der Waals surface area (Å²) in [7, 11) is 3.57. The number of thiophene rings is 1. The second kappa shape index (κ2) is 8.11. The molecule has 162 valence electrons. The summed E-state index contributed by atoms with van der Waals surface area (Å²) in [6, 6.07) is 10.0. The first-order valence-electron chi connectivity index (χ1n) is 11.0. The molecular formula is C24H27N3O3S. The van der Waals surface area contributed by atoms with Crippen molar-refractivity contribution < 1.29 is 14.1 Å². The second-order valence-electron chi connectivity index (χ2n) is 8.85. The van der Waals surface area contributed by atoms with Crippen molar-refractivity contribution in [2.75, 3.05) is 20.6 Å². The van der Waals surface area contributed by atoms with E-state index in [0.29, 0.717) is 24.6 Å². The van der Waals surface area contributed by atoms with Crippen LogP contribution in [-0.4, -0.2) is 53.5 Å². The van der Waals surface area contributed by atoms with Crippen LogP contribution in [0.5, 0.6) is 0 Å². The predicted octanol–water partition coefficient (Wildman–Crippen LogP) is 4.71. The van der Waals surface area contributed by atoms with E-state index < -0.39 is 0 Å². The number of aromatic nitrogens is 1. The van der Waals surface area contributed by atoms with Gasteiger partial charge in [-0.05, 0) is 55.5 Å². The largest absolute Gasteiger partial charge is 0.360 e. The van der Waals surface area contributed by atoms with E-state index in [1.165, 1.54) is 0 Å². The standard InChI is InChI=1S/C24H27N3O3S/c1-26(2)24(29)22-18(17-8-3-4-9-21(17)31-22)13-16-7-5-6-12-27(16)23(28)19-14-20(30-25-19)15-10-11-15/h3-4,8-9,14-16H,5-7,10-13H2,1-2H3/t16-/m0/s1. The van der Waals surface area contributed by atoms with Gasteiger partial charge in [-0.15, -0.1) is 11.3 Å². The van der Waals surface area contributed by atoms with Crippen molar-refractivity contribution in [3.8, 4) is 0 Å². The van der Waals surface area contributed by atoms with Crippen LogP contribution in [0.3, 0.4) is 0 Å². The Morgan fingerprint density at radius 2 is 2.00 bits per heavy atom. The maximum atomic E-state index is 13.3. The van der Waals surface area contributed by atoms with Crippen LogP contribution >= 0.6 is 11.3 Å². The molecule has 0 unspecified atom stereocenters. The van der Waals surface area contributed by atoms with Gasteiger partial charge in [0.15, 0.2) is 5.69 Å². The van der Waals surface area contributed by atoms with Crippen LogP contribution in [0.1, 0.15) is 69.5 Å². The molecule has 2 fully saturated rings. The predicted molar refractivity (Wildman–Crippen MR) is 121 cm³/mol. The van der Waals surface area contributed by atoms with Crippen molar-refractivity contribution in [2.24, 2.45) is 0 Å². The van der Waals surface area contributed by atoms with Crippen molar-refractivity contribution >= 4 is 33.2 Å². The Bertz CT molecular complexity index is 1130. The molecule has 0 N–H and O–H groups in total. The van der Waals surface area contributed by atoms with E-state index in [-0.39, 0.29) is 17.9 Å². The Labute approximate surface area is 185 Å². The van der Waals surface area contributed by atoms with E-state index in [4.69, 9.17) is 4.52 Å². The van der Waals surface area contributed by atoms with Crippen LogP contribution in [0, 0.1) is 0 Å². The summed E-state index contributed by atoms with van der Waals surface area (Å²) < 4.78 is 6.54. The van der Waals surface area contributed by atoms with Gasteiger partial charge in [-0.1, -0.05) is 23.4 Å². The minimum atomic E-state index is -0.0552. The fourth-order valence-electron chi connectivity index (χ4n) is 4.49. The number of carbonyl (C=O) groups is 2. The van der Waals surface area contributed by atoms with Crippen molar-refractivity contribution in [1.29, 1.82) is 0 Å². The fraction of sp³-hybridized carbons (Fsp3) is 0.458. The summed E-state index contributed by atoms with van der Waals surface area (Å²) in [5, 5.41) is 5.20. The van der Waals surface area contributed by atoms with E-state index in [1.54, 1.807) is 30.3 Å². The lowest BCUT2D eigenvalue weighted by molar-refractivity contribution is 0.0603. The van der Waals surface area contributed by atoms with Gasteiger partial charge in [0.25, 0.3) is 11.8 Å². The highest BCUT2D eigenvalue weighted by Gasteiger charge is 2.34. The molecule has 1 aliphatic carbocycles. The highest BCUT2D eigenvalue weighted by Crippen LogP contribution is 2.40. The first-order chi connectivity index (χ1) is 15.0. The number of hydrogen-bond acceptors (Lipinski definition) is 5. The number of piperidine rings is 1. The summed E-state index contributed by atoms with van der Waals surface area (Å²) >= 11 is 1.55. The maximum absolute atomic E-state index is 13.3. The van der Waals surface area contributed by atoms with Crippen LogP contribution in [0.25, 0.3) is 10.1 Å². The van der Waals surface area contributed by atoms with Gasteiger partial charge >= 0.3 is 0 Å². The molecule has 3 aromatic rings. The molecule has 3 heterocycles. The lowest BCUT2D eigenvalue weighted by Gasteiger charge is -2.35. The van der Waals surface area contributed by atoms with Gasteiger partial charge in [0.05, 0.1) is 4.88 Å². The molecule has 2 amide bonds. The van der Waals surface area contributed by atoms with Gasteiger partial charge in [0.2, 0.25) is 0 Å². The monoisotopic (exact) mass is 437 g/mol. The zero-order chi connectivity index (χ0) is 21.5. The summed E-state index contributed by atoms with van der Waals surface area (Å²) in [4.78, 5) is 30.6. The first-order valence-corrected chi connectivity index (χ1v) is 11.8. The summed E-state index contributed by atoms with van der Waals surface area (Å²) in [6.07, 6.45) is 5.91. The topological polar surface area (TPSA) is 66.7 Å². The van der Waals surface area contributed by atoms with E-state index in [9.17, 15) is 9.59 Å². The van der Waals surface area contributed by atoms with Gasteiger partial charge in [-0.2, -0.15) is 0 Å². The number of fused-ring (bicyclic) bond motifs is 1. The molecule has 0 spiro atoms. The minimum absolute atomic E-state index is 0.0236. The lowest BCUT2D eigenvalue weighted by Crippen LogP contribution is -2.45. The Morgan fingerprint density at radius 3 is 2.77 bits per heavy atom. The average Bonchev–Trinajstić information content (AvgIpc) is 3.40. The SMILES string of the molecule is CN(C)C(=O)c1sc2ccccc2c1C[C@@H]1CCCCN1C(=O)c1cc(C2CC2)on1. The summed E-state index contributed by atoms with van der Waals surface area (Å²) in [6.45, 7) is 0.716. The molecule has 31 heavy (non-hydrogen) atoms. The van der Waals surface area contributed by atoms with Gasteiger partial charge in [-0.25, -0.2) is 0 Å². The molecule has 2 aliphatic rings. The zero-order valence-corrected chi connectivity index (χ0v) is 18.8. The number of carbonyl (C=O) groups excluding carboxylic acids is 2. The minimum Gasteiger partial charge on any atom is -0.360 e. The smallest absolute Gasteiger partial charge is 0.276 e. The number of nitrogens with zero attached hydrogens (tertiary/aromatic N) is 3. The average molecular weight is 438 g/mol.